The molecule has 3 aromatic heterocycles. The number of Topliss-reactive ketones (excluding diaryl/α,β-unsaturated/α-hetero) is 1. The van der Waals surface area contributed by atoms with E-state index in [2.05, 4.69) is 20.4 Å². The Balaban J connectivity index is 1.62. The molecule has 0 radical (unpaired) electrons. The maximum absolute atomic E-state index is 12.7. The third-order valence-electron chi connectivity index (χ3n) is 4.51. The van der Waals surface area contributed by atoms with Crippen molar-refractivity contribution in [2.75, 3.05) is 5.32 Å². The summed E-state index contributed by atoms with van der Waals surface area (Å²) in [5.41, 5.74) is 2.12. The first-order valence-electron chi connectivity index (χ1n) is 9.22. The molecular formula is C21H18N6O3. The van der Waals surface area contributed by atoms with Crippen LogP contribution in [0.1, 0.15) is 23.1 Å². The van der Waals surface area contributed by atoms with Crippen LogP contribution in [0.5, 0.6) is 0 Å². The molecule has 1 aromatic carbocycles. The SMILES string of the molecule is CC(=O)c1cccc(NC(=O)Cn2nc3cc(-c4ccccn4)nc(C)n3c2=O)c1. The van der Waals surface area contributed by atoms with Crippen molar-refractivity contribution in [1.82, 2.24) is 24.1 Å². The van der Waals surface area contributed by atoms with E-state index < -0.39 is 11.6 Å². The molecule has 0 aliphatic rings. The van der Waals surface area contributed by atoms with Gasteiger partial charge in [0.2, 0.25) is 5.91 Å². The van der Waals surface area contributed by atoms with E-state index in [1.165, 1.54) is 11.3 Å². The summed E-state index contributed by atoms with van der Waals surface area (Å²) >= 11 is 0. The number of ketones is 1. The van der Waals surface area contributed by atoms with Gasteiger partial charge in [0.25, 0.3) is 0 Å². The molecular weight excluding hydrogens is 384 g/mol. The molecule has 9 nitrogen and oxygen atoms in total. The molecule has 1 N–H and O–H groups in total. The van der Waals surface area contributed by atoms with Crippen molar-refractivity contribution in [3.05, 3.63) is 76.6 Å². The number of nitrogens with one attached hydrogen (secondary N) is 1. The van der Waals surface area contributed by atoms with Gasteiger partial charge < -0.3 is 5.32 Å². The van der Waals surface area contributed by atoms with Crippen LogP contribution in [0.15, 0.2) is 59.5 Å². The number of rotatable bonds is 5. The van der Waals surface area contributed by atoms with Gasteiger partial charge in [0.05, 0.1) is 11.4 Å². The Kier molecular flexibility index (Phi) is 4.93. The van der Waals surface area contributed by atoms with E-state index in [9.17, 15) is 14.4 Å². The zero-order valence-electron chi connectivity index (χ0n) is 16.4. The fourth-order valence-corrected chi connectivity index (χ4v) is 3.10. The van der Waals surface area contributed by atoms with Crippen molar-refractivity contribution in [2.24, 2.45) is 0 Å². The van der Waals surface area contributed by atoms with Crippen LogP contribution >= 0.6 is 0 Å². The lowest BCUT2D eigenvalue weighted by Crippen LogP contribution is -2.29. The lowest BCUT2D eigenvalue weighted by atomic mass is 10.1. The van der Waals surface area contributed by atoms with E-state index in [-0.39, 0.29) is 12.3 Å². The van der Waals surface area contributed by atoms with Crippen molar-refractivity contribution in [3.63, 3.8) is 0 Å². The first-order valence-corrected chi connectivity index (χ1v) is 9.22. The van der Waals surface area contributed by atoms with Crippen molar-refractivity contribution in [3.8, 4) is 11.4 Å². The largest absolute Gasteiger partial charge is 0.352 e. The lowest BCUT2D eigenvalue weighted by Gasteiger charge is -2.05. The third kappa shape index (κ3) is 3.72. The monoisotopic (exact) mass is 402 g/mol. The van der Waals surface area contributed by atoms with E-state index in [1.54, 1.807) is 49.5 Å². The number of nitrogens with zero attached hydrogens (tertiary/aromatic N) is 5. The highest BCUT2D eigenvalue weighted by Gasteiger charge is 2.15. The second kappa shape index (κ2) is 7.70. The smallest absolute Gasteiger partial charge is 0.324 e. The van der Waals surface area contributed by atoms with E-state index in [0.717, 1.165) is 4.68 Å². The van der Waals surface area contributed by atoms with Crippen molar-refractivity contribution in [2.45, 2.75) is 20.4 Å². The maximum atomic E-state index is 12.7. The Morgan fingerprint density at radius 1 is 1.07 bits per heavy atom. The molecule has 0 aliphatic heterocycles. The van der Waals surface area contributed by atoms with E-state index >= 15 is 0 Å². The highest BCUT2D eigenvalue weighted by molar-refractivity contribution is 5.97. The summed E-state index contributed by atoms with van der Waals surface area (Å²) in [4.78, 5) is 45.3. The molecule has 4 rings (SSSR count). The Hall–Kier alpha value is -4.14. The highest BCUT2D eigenvalue weighted by Crippen LogP contribution is 2.16. The van der Waals surface area contributed by atoms with Crippen LogP contribution in [0.3, 0.4) is 0 Å². The summed E-state index contributed by atoms with van der Waals surface area (Å²) in [6.07, 6.45) is 1.66. The molecule has 30 heavy (non-hydrogen) atoms. The zero-order valence-corrected chi connectivity index (χ0v) is 16.4. The number of aromatic nitrogens is 5. The standard InChI is InChI=1S/C21H18N6O3/c1-13(28)15-6-5-7-16(10-15)24-20(29)12-26-21(30)27-14(2)23-18(11-19(27)25-26)17-8-3-4-9-22-17/h3-11H,12H2,1-2H3,(H,24,29). The topological polar surface area (TPSA) is 111 Å². The minimum absolute atomic E-state index is 0.102. The Bertz CT molecular complexity index is 1320. The predicted molar refractivity (Wildman–Crippen MR) is 110 cm³/mol. The fourth-order valence-electron chi connectivity index (χ4n) is 3.10. The molecule has 0 saturated heterocycles. The van der Waals surface area contributed by atoms with Gasteiger partial charge in [-0.05, 0) is 38.1 Å². The Morgan fingerprint density at radius 2 is 1.90 bits per heavy atom. The number of anilines is 1. The molecule has 0 saturated carbocycles. The summed E-state index contributed by atoms with van der Waals surface area (Å²) in [6.45, 7) is 2.87. The number of pyridine rings is 1. The second-order valence-corrected chi connectivity index (χ2v) is 6.72. The molecule has 150 valence electrons. The zero-order chi connectivity index (χ0) is 21.3. The minimum atomic E-state index is -0.463. The quantitative estimate of drug-likeness (QED) is 0.512. The Morgan fingerprint density at radius 3 is 2.63 bits per heavy atom. The van der Waals surface area contributed by atoms with E-state index in [1.807, 2.05) is 12.1 Å². The van der Waals surface area contributed by atoms with Gasteiger partial charge >= 0.3 is 5.69 Å². The van der Waals surface area contributed by atoms with Gasteiger partial charge in [-0.15, -0.1) is 5.10 Å². The highest BCUT2D eigenvalue weighted by atomic mass is 16.2. The van der Waals surface area contributed by atoms with Gasteiger partial charge in [0.1, 0.15) is 12.4 Å². The predicted octanol–water partition coefficient (Wildman–Crippen LogP) is 2.10. The van der Waals surface area contributed by atoms with Gasteiger partial charge in [-0.2, -0.15) is 0 Å². The fraction of sp³-hybridized carbons (Fsp3) is 0.143. The molecule has 1 amide bonds. The number of carbonyl (C=O) groups excluding carboxylic acids is 2. The number of carbonyl (C=O) groups is 2. The van der Waals surface area contributed by atoms with Gasteiger partial charge in [0.15, 0.2) is 11.4 Å². The molecule has 0 fully saturated rings. The van der Waals surface area contributed by atoms with Crippen molar-refractivity contribution >= 4 is 23.0 Å². The molecule has 0 unspecified atom stereocenters. The van der Waals surface area contributed by atoms with Crippen LogP contribution in [-0.4, -0.2) is 35.8 Å². The first-order chi connectivity index (χ1) is 14.4. The molecule has 4 aromatic rings. The Labute approximate surface area is 171 Å². The van der Waals surface area contributed by atoms with Crippen LogP contribution in [-0.2, 0) is 11.3 Å². The van der Waals surface area contributed by atoms with Crippen LogP contribution in [0.2, 0.25) is 0 Å². The van der Waals surface area contributed by atoms with Gasteiger partial charge in [-0.3, -0.25) is 14.6 Å². The molecule has 9 heteroatoms. The molecule has 0 bridgehead atoms. The lowest BCUT2D eigenvalue weighted by molar-refractivity contribution is -0.117. The number of benzene rings is 1. The summed E-state index contributed by atoms with van der Waals surface area (Å²) in [7, 11) is 0. The second-order valence-electron chi connectivity index (χ2n) is 6.72. The average Bonchev–Trinajstić information content (AvgIpc) is 3.04. The van der Waals surface area contributed by atoms with E-state index in [0.29, 0.717) is 34.1 Å². The van der Waals surface area contributed by atoms with Crippen LogP contribution in [0.4, 0.5) is 5.69 Å². The average molecular weight is 402 g/mol. The van der Waals surface area contributed by atoms with Crippen LogP contribution < -0.4 is 11.0 Å². The number of hydrogen-bond acceptors (Lipinski definition) is 6. The number of aryl methyl sites for hydroxylation is 1. The van der Waals surface area contributed by atoms with Crippen LogP contribution in [0, 0.1) is 6.92 Å². The number of fused-ring (bicyclic) bond motifs is 1. The summed E-state index contributed by atoms with van der Waals surface area (Å²) < 4.78 is 2.42. The van der Waals surface area contributed by atoms with Gasteiger partial charge in [-0.25, -0.2) is 18.9 Å². The normalized spacial score (nSPS) is 10.9. The number of amides is 1. The van der Waals surface area contributed by atoms with Crippen LogP contribution in [0.25, 0.3) is 17.0 Å². The maximum Gasteiger partial charge on any atom is 0.352 e. The van der Waals surface area contributed by atoms with Crippen molar-refractivity contribution in [1.29, 1.82) is 0 Å². The van der Waals surface area contributed by atoms with Gasteiger partial charge in [-0.1, -0.05) is 18.2 Å². The summed E-state index contributed by atoms with van der Waals surface area (Å²) in [5, 5.41) is 6.95. The third-order valence-corrected chi connectivity index (χ3v) is 4.51. The van der Waals surface area contributed by atoms with Gasteiger partial charge in [0, 0.05) is 23.5 Å². The molecule has 0 aliphatic carbocycles. The molecule has 3 heterocycles. The molecule has 0 atom stereocenters. The summed E-state index contributed by atoms with van der Waals surface area (Å²) in [5.74, 6) is -0.0925. The first kappa shape index (κ1) is 19.2. The molecule has 0 spiro atoms. The minimum Gasteiger partial charge on any atom is -0.324 e. The summed E-state index contributed by atoms with van der Waals surface area (Å²) in [6, 6.07) is 13.7. The number of hydrogen-bond donors (Lipinski definition) is 1. The van der Waals surface area contributed by atoms with E-state index in [4.69, 9.17) is 0 Å². The van der Waals surface area contributed by atoms with Crippen molar-refractivity contribution < 1.29 is 9.59 Å².